The number of ether oxygens (including phenoxy) is 3. The van der Waals surface area contributed by atoms with Gasteiger partial charge in [-0.1, -0.05) is 29.8 Å². The molecule has 0 saturated carbocycles. The largest absolute Gasteiger partial charge is 0.493 e. The highest BCUT2D eigenvalue weighted by Gasteiger charge is 2.27. The number of nitrogens with one attached hydrogen (secondary N) is 2. The van der Waals surface area contributed by atoms with Gasteiger partial charge in [0.1, 0.15) is 24.5 Å². The SMILES string of the molecule is COc1cc(C=C2C(=O)NC(=O)NC2=O)cc(Cl)c1OCCOc1ccccc1. The summed E-state index contributed by atoms with van der Waals surface area (Å²) in [7, 11) is 1.44. The van der Waals surface area contributed by atoms with Gasteiger partial charge in [0.25, 0.3) is 11.8 Å². The Labute approximate surface area is 171 Å². The molecule has 3 rings (SSSR count). The number of urea groups is 1. The van der Waals surface area contributed by atoms with E-state index in [2.05, 4.69) is 0 Å². The van der Waals surface area contributed by atoms with Gasteiger partial charge in [0.05, 0.1) is 12.1 Å². The van der Waals surface area contributed by atoms with Crippen LogP contribution in [0, 0.1) is 0 Å². The summed E-state index contributed by atoms with van der Waals surface area (Å²) in [5.74, 6) is -0.254. The van der Waals surface area contributed by atoms with Gasteiger partial charge in [-0.05, 0) is 35.9 Å². The molecule has 0 aliphatic carbocycles. The lowest BCUT2D eigenvalue weighted by Crippen LogP contribution is -2.51. The minimum Gasteiger partial charge on any atom is -0.493 e. The Kier molecular flexibility index (Phi) is 6.36. The van der Waals surface area contributed by atoms with E-state index in [-0.39, 0.29) is 17.2 Å². The van der Waals surface area contributed by atoms with E-state index in [0.29, 0.717) is 23.7 Å². The Morgan fingerprint density at radius 1 is 0.966 bits per heavy atom. The molecule has 9 heteroatoms. The molecule has 0 aromatic heterocycles. The topological polar surface area (TPSA) is 103 Å². The van der Waals surface area contributed by atoms with Gasteiger partial charge >= 0.3 is 6.03 Å². The maximum absolute atomic E-state index is 11.9. The van der Waals surface area contributed by atoms with Gasteiger partial charge in [0.15, 0.2) is 11.5 Å². The summed E-state index contributed by atoms with van der Waals surface area (Å²) < 4.78 is 16.5. The van der Waals surface area contributed by atoms with Crippen LogP contribution in [0.4, 0.5) is 4.79 Å². The van der Waals surface area contributed by atoms with Gasteiger partial charge in [-0.2, -0.15) is 0 Å². The van der Waals surface area contributed by atoms with Crippen molar-refractivity contribution in [3.63, 3.8) is 0 Å². The maximum Gasteiger partial charge on any atom is 0.328 e. The van der Waals surface area contributed by atoms with Gasteiger partial charge in [0, 0.05) is 0 Å². The summed E-state index contributed by atoms with van der Waals surface area (Å²) in [4.78, 5) is 34.8. The Morgan fingerprint density at radius 2 is 1.62 bits per heavy atom. The van der Waals surface area contributed by atoms with Crippen LogP contribution in [-0.2, 0) is 9.59 Å². The van der Waals surface area contributed by atoms with Gasteiger partial charge in [-0.15, -0.1) is 0 Å². The van der Waals surface area contributed by atoms with Crippen LogP contribution in [0.5, 0.6) is 17.2 Å². The van der Waals surface area contributed by atoms with Gasteiger partial charge < -0.3 is 14.2 Å². The molecule has 150 valence electrons. The van der Waals surface area contributed by atoms with Crippen molar-refractivity contribution in [1.29, 1.82) is 0 Å². The van der Waals surface area contributed by atoms with Crippen molar-refractivity contribution in [3.05, 3.63) is 58.6 Å². The van der Waals surface area contributed by atoms with Crippen LogP contribution in [0.2, 0.25) is 5.02 Å². The molecule has 1 aliphatic rings. The number of rotatable bonds is 7. The molecular weight excluding hydrogens is 400 g/mol. The number of halogens is 1. The monoisotopic (exact) mass is 416 g/mol. The summed E-state index contributed by atoms with van der Waals surface area (Å²) in [6.45, 7) is 0.516. The first-order valence-corrected chi connectivity index (χ1v) is 8.92. The second-order valence-electron chi connectivity index (χ2n) is 5.84. The van der Waals surface area contributed by atoms with Crippen molar-refractivity contribution in [3.8, 4) is 17.2 Å². The zero-order chi connectivity index (χ0) is 20.8. The fraction of sp³-hybridized carbons (Fsp3) is 0.150. The second-order valence-corrected chi connectivity index (χ2v) is 6.25. The third-order valence-corrected chi connectivity index (χ3v) is 4.13. The molecule has 0 bridgehead atoms. The van der Waals surface area contributed by atoms with E-state index in [0.717, 1.165) is 5.75 Å². The fourth-order valence-corrected chi connectivity index (χ4v) is 2.83. The molecule has 1 heterocycles. The molecule has 0 spiro atoms. The highest BCUT2D eigenvalue weighted by molar-refractivity contribution is 6.33. The van der Waals surface area contributed by atoms with Crippen LogP contribution >= 0.6 is 11.6 Å². The molecule has 1 fully saturated rings. The van der Waals surface area contributed by atoms with E-state index < -0.39 is 17.8 Å². The molecule has 4 amide bonds. The molecule has 1 saturated heterocycles. The average molecular weight is 417 g/mol. The molecule has 1 aliphatic heterocycles. The summed E-state index contributed by atoms with van der Waals surface area (Å²) in [5.41, 5.74) is 0.196. The van der Waals surface area contributed by atoms with E-state index in [9.17, 15) is 14.4 Å². The van der Waals surface area contributed by atoms with E-state index in [1.165, 1.54) is 19.3 Å². The smallest absolute Gasteiger partial charge is 0.328 e. The highest BCUT2D eigenvalue weighted by Crippen LogP contribution is 2.37. The summed E-state index contributed by atoms with van der Waals surface area (Å²) in [6, 6.07) is 11.5. The van der Waals surface area contributed by atoms with Gasteiger partial charge in [-0.25, -0.2) is 4.79 Å². The van der Waals surface area contributed by atoms with Crippen LogP contribution in [0.3, 0.4) is 0 Å². The zero-order valence-electron chi connectivity index (χ0n) is 15.4. The van der Waals surface area contributed by atoms with Crippen molar-refractivity contribution in [2.24, 2.45) is 0 Å². The van der Waals surface area contributed by atoms with Crippen molar-refractivity contribution in [1.82, 2.24) is 10.6 Å². The number of methoxy groups -OCH3 is 1. The number of imide groups is 2. The molecule has 0 radical (unpaired) electrons. The van der Waals surface area contributed by atoms with Crippen molar-refractivity contribution >= 4 is 35.5 Å². The average Bonchev–Trinajstić information content (AvgIpc) is 2.69. The minimum absolute atomic E-state index is 0.221. The standard InChI is InChI=1S/C20H17ClN2O6/c1-27-16-11-12(9-14-18(24)22-20(26)23-19(14)25)10-15(21)17(16)29-8-7-28-13-5-3-2-4-6-13/h2-6,9-11H,7-8H2,1H3,(H2,22,23,24,25,26). The van der Waals surface area contributed by atoms with Crippen molar-refractivity contribution < 1.29 is 28.6 Å². The Hall–Kier alpha value is -3.52. The summed E-state index contributed by atoms with van der Waals surface area (Å²) >= 11 is 6.29. The lowest BCUT2D eigenvalue weighted by molar-refractivity contribution is -0.123. The van der Waals surface area contributed by atoms with Crippen LogP contribution in [0.1, 0.15) is 5.56 Å². The Balaban J connectivity index is 1.72. The normalized spacial score (nSPS) is 13.4. The summed E-state index contributed by atoms with van der Waals surface area (Å²) in [6.07, 6.45) is 1.30. The molecule has 29 heavy (non-hydrogen) atoms. The van der Waals surface area contributed by atoms with Crippen LogP contribution in [-0.4, -0.2) is 38.2 Å². The van der Waals surface area contributed by atoms with Gasteiger partial charge in [-0.3, -0.25) is 20.2 Å². The predicted octanol–water partition coefficient (Wildman–Crippen LogP) is 2.56. The van der Waals surface area contributed by atoms with Crippen LogP contribution in [0.25, 0.3) is 6.08 Å². The van der Waals surface area contributed by atoms with E-state index in [4.69, 9.17) is 25.8 Å². The number of amides is 4. The van der Waals surface area contributed by atoms with E-state index in [1.54, 1.807) is 6.07 Å². The lowest BCUT2D eigenvalue weighted by atomic mass is 10.1. The Morgan fingerprint density at radius 3 is 2.28 bits per heavy atom. The first-order chi connectivity index (χ1) is 14.0. The summed E-state index contributed by atoms with van der Waals surface area (Å²) in [5, 5.41) is 4.23. The quantitative estimate of drug-likeness (QED) is 0.408. The number of carbonyl (C=O) groups excluding carboxylic acids is 3. The van der Waals surface area contributed by atoms with Crippen molar-refractivity contribution in [2.75, 3.05) is 20.3 Å². The van der Waals surface area contributed by atoms with E-state index in [1.807, 2.05) is 41.0 Å². The third kappa shape index (κ3) is 5.05. The molecular formula is C20H17ClN2O6. The van der Waals surface area contributed by atoms with Crippen molar-refractivity contribution in [2.45, 2.75) is 0 Å². The Bertz CT molecular complexity index is 952. The first kappa shape index (κ1) is 20.2. The minimum atomic E-state index is -0.866. The highest BCUT2D eigenvalue weighted by atomic mass is 35.5. The number of para-hydroxylation sites is 1. The molecule has 0 unspecified atom stereocenters. The number of benzene rings is 2. The molecule has 8 nitrogen and oxygen atoms in total. The lowest BCUT2D eigenvalue weighted by Gasteiger charge is -2.16. The number of hydrogen-bond acceptors (Lipinski definition) is 6. The van der Waals surface area contributed by atoms with Gasteiger partial charge in [0.2, 0.25) is 0 Å². The number of barbiturate groups is 1. The second kappa shape index (κ2) is 9.11. The van der Waals surface area contributed by atoms with E-state index >= 15 is 0 Å². The van der Waals surface area contributed by atoms with Crippen LogP contribution < -0.4 is 24.8 Å². The molecule has 2 aromatic rings. The maximum atomic E-state index is 11.9. The number of hydrogen-bond donors (Lipinski definition) is 2. The molecule has 0 atom stereocenters. The zero-order valence-corrected chi connectivity index (χ0v) is 16.1. The molecule has 2 N–H and O–H groups in total. The fourth-order valence-electron chi connectivity index (χ4n) is 2.56. The molecule has 2 aromatic carbocycles. The third-order valence-electron chi connectivity index (χ3n) is 3.85. The predicted molar refractivity (Wildman–Crippen MR) is 105 cm³/mol. The number of carbonyl (C=O) groups is 3. The first-order valence-electron chi connectivity index (χ1n) is 8.54. The van der Waals surface area contributed by atoms with Crippen LogP contribution in [0.15, 0.2) is 48.0 Å².